The molecule has 0 aliphatic heterocycles. The third-order valence-electron chi connectivity index (χ3n) is 2.79. The maximum absolute atomic E-state index is 12.8. The molecule has 0 aliphatic carbocycles. The summed E-state index contributed by atoms with van der Waals surface area (Å²) in [5.41, 5.74) is 1.12. The van der Waals surface area contributed by atoms with E-state index >= 15 is 0 Å². The molecule has 2 rings (SSSR count). The highest BCUT2D eigenvalue weighted by molar-refractivity contribution is 5.14. The summed E-state index contributed by atoms with van der Waals surface area (Å²) in [6.07, 6.45) is 8.64. The topological polar surface area (TPSA) is 8.81 Å². The average Bonchev–Trinajstić information content (AvgIpc) is 2.77. The first kappa shape index (κ1) is 11.8. The van der Waals surface area contributed by atoms with Crippen molar-refractivity contribution in [2.45, 2.75) is 32.9 Å². The second-order valence-corrected chi connectivity index (χ2v) is 4.30. The highest BCUT2D eigenvalue weighted by atomic mass is 19.1. The highest BCUT2D eigenvalue weighted by Crippen LogP contribution is 2.02. The first-order chi connectivity index (χ1) is 8.28. The van der Waals surface area contributed by atoms with Crippen LogP contribution in [0.1, 0.15) is 25.3 Å². The maximum atomic E-state index is 12.8. The van der Waals surface area contributed by atoms with Gasteiger partial charge in [0.2, 0.25) is 6.33 Å². The number of rotatable bonds is 5. The zero-order chi connectivity index (χ0) is 12.1. The summed E-state index contributed by atoms with van der Waals surface area (Å²) in [6.45, 7) is 4.04. The van der Waals surface area contributed by atoms with Crippen LogP contribution in [-0.4, -0.2) is 4.57 Å². The molecule has 3 heteroatoms. The molecule has 17 heavy (non-hydrogen) atoms. The molecule has 0 saturated heterocycles. The van der Waals surface area contributed by atoms with Gasteiger partial charge in [0.1, 0.15) is 24.8 Å². The van der Waals surface area contributed by atoms with Crippen LogP contribution in [0.15, 0.2) is 43.0 Å². The fourth-order valence-electron chi connectivity index (χ4n) is 1.81. The van der Waals surface area contributed by atoms with Gasteiger partial charge in [0, 0.05) is 0 Å². The van der Waals surface area contributed by atoms with Crippen molar-refractivity contribution >= 4 is 0 Å². The molecule has 0 aliphatic rings. The van der Waals surface area contributed by atoms with Crippen molar-refractivity contribution in [3.8, 4) is 0 Å². The minimum atomic E-state index is -0.181. The van der Waals surface area contributed by atoms with E-state index in [1.807, 2.05) is 12.1 Å². The lowest BCUT2D eigenvalue weighted by molar-refractivity contribution is -0.687. The molecular weight excluding hydrogens is 215 g/mol. The molecule has 0 saturated carbocycles. The number of imidazole rings is 1. The van der Waals surface area contributed by atoms with Gasteiger partial charge in [-0.15, -0.1) is 0 Å². The first-order valence-electron chi connectivity index (χ1n) is 6.07. The number of halogens is 1. The molecule has 1 aromatic heterocycles. The predicted octanol–water partition coefficient (Wildman–Crippen LogP) is 2.76. The van der Waals surface area contributed by atoms with Crippen LogP contribution < -0.4 is 4.57 Å². The smallest absolute Gasteiger partial charge is 0.237 e. The highest BCUT2D eigenvalue weighted by Gasteiger charge is 2.04. The largest absolute Gasteiger partial charge is 0.244 e. The van der Waals surface area contributed by atoms with Gasteiger partial charge in [0.15, 0.2) is 0 Å². The van der Waals surface area contributed by atoms with Crippen LogP contribution in [0.4, 0.5) is 4.39 Å². The minimum Gasteiger partial charge on any atom is -0.237 e. The first-order valence-corrected chi connectivity index (χ1v) is 6.07. The van der Waals surface area contributed by atoms with Gasteiger partial charge < -0.3 is 0 Å². The lowest BCUT2D eigenvalue weighted by Crippen LogP contribution is -2.31. The van der Waals surface area contributed by atoms with Crippen LogP contribution in [0.25, 0.3) is 0 Å². The Morgan fingerprint density at radius 3 is 2.71 bits per heavy atom. The third-order valence-corrected chi connectivity index (χ3v) is 2.79. The molecule has 0 bridgehead atoms. The minimum absolute atomic E-state index is 0.181. The number of aromatic nitrogens is 2. The molecule has 2 aromatic rings. The number of hydrogen-bond acceptors (Lipinski definition) is 0. The summed E-state index contributed by atoms with van der Waals surface area (Å²) in [4.78, 5) is 0. The Balaban J connectivity index is 1.98. The van der Waals surface area contributed by atoms with Gasteiger partial charge >= 0.3 is 0 Å². The lowest BCUT2D eigenvalue weighted by atomic mass is 10.2. The summed E-state index contributed by atoms with van der Waals surface area (Å²) in [7, 11) is 0. The van der Waals surface area contributed by atoms with Gasteiger partial charge in [-0.3, -0.25) is 0 Å². The van der Waals surface area contributed by atoms with E-state index in [9.17, 15) is 4.39 Å². The monoisotopic (exact) mass is 233 g/mol. The van der Waals surface area contributed by atoms with Crippen LogP contribution in [0.2, 0.25) is 0 Å². The number of nitrogens with zero attached hydrogens (tertiary/aromatic N) is 2. The molecule has 0 unspecified atom stereocenters. The predicted molar refractivity (Wildman–Crippen MR) is 65.0 cm³/mol. The summed E-state index contributed by atoms with van der Waals surface area (Å²) >= 11 is 0. The van der Waals surface area contributed by atoms with Crippen molar-refractivity contribution < 1.29 is 8.96 Å². The van der Waals surface area contributed by atoms with Gasteiger partial charge in [0.05, 0.1) is 6.54 Å². The standard InChI is InChI=1S/C14H18FN2/c1-2-3-8-16-9-10-17(12-16)11-13-4-6-14(15)7-5-13/h4-7,9-10,12H,2-3,8,11H2,1H3/q+1. The van der Waals surface area contributed by atoms with Gasteiger partial charge in [-0.1, -0.05) is 25.5 Å². The quantitative estimate of drug-likeness (QED) is 0.702. The Morgan fingerprint density at radius 2 is 2.00 bits per heavy atom. The van der Waals surface area contributed by atoms with E-state index in [-0.39, 0.29) is 5.82 Å². The SMILES string of the molecule is CCCCn1cc[n+](Cc2ccc(F)cc2)c1. The van der Waals surface area contributed by atoms with Gasteiger partial charge in [0.25, 0.3) is 0 Å². The van der Waals surface area contributed by atoms with Crippen LogP contribution in [0.5, 0.6) is 0 Å². The fourth-order valence-corrected chi connectivity index (χ4v) is 1.81. The Bertz CT molecular complexity index is 459. The summed E-state index contributed by atoms with van der Waals surface area (Å²) in [5.74, 6) is -0.181. The van der Waals surface area contributed by atoms with E-state index < -0.39 is 0 Å². The second-order valence-electron chi connectivity index (χ2n) is 4.30. The number of aryl methyl sites for hydroxylation is 1. The molecule has 0 spiro atoms. The van der Waals surface area contributed by atoms with Crippen molar-refractivity contribution in [2.75, 3.05) is 0 Å². The zero-order valence-electron chi connectivity index (χ0n) is 10.1. The van der Waals surface area contributed by atoms with Gasteiger partial charge in [-0.05, 0) is 24.1 Å². The fraction of sp³-hybridized carbons (Fsp3) is 0.357. The number of unbranched alkanes of at least 4 members (excludes halogenated alkanes) is 1. The maximum Gasteiger partial charge on any atom is 0.244 e. The number of hydrogen-bond donors (Lipinski definition) is 0. The molecule has 0 amide bonds. The van der Waals surface area contributed by atoms with Crippen LogP contribution in [-0.2, 0) is 13.1 Å². The van der Waals surface area contributed by atoms with Crippen LogP contribution >= 0.6 is 0 Å². The molecule has 0 atom stereocenters. The van der Waals surface area contributed by atoms with Crippen molar-refractivity contribution in [1.82, 2.24) is 4.57 Å². The van der Waals surface area contributed by atoms with E-state index in [4.69, 9.17) is 0 Å². The summed E-state index contributed by atoms with van der Waals surface area (Å²) < 4.78 is 17.1. The molecular formula is C14H18FN2+. The van der Waals surface area contributed by atoms with Crippen LogP contribution in [0, 0.1) is 5.82 Å². The zero-order valence-corrected chi connectivity index (χ0v) is 10.1. The second kappa shape index (κ2) is 5.62. The van der Waals surface area contributed by atoms with E-state index in [1.165, 1.54) is 25.0 Å². The molecule has 0 fully saturated rings. The van der Waals surface area contributed by atoms with E-state index in [2.05, 4.69) is 34.8 Å². The van der Waals surface area contributed by atoms with E-state index in [1.54, 1.807) is 0 Å². The Hall–Kier alpha value is -1.64. The number of benzene rings is 1. The third kappa shape index (κ3) is 3.41. The van der Waals surface area contributed by atoms with Gasteiger partial charge in [-0.2, -0.15) is 0 Å². The van der Waals surface area contributed by atoms with Gasteiger partial charge in [-0.25, -0.2) is 13.5 Å². The normalized spacial score (nSPS) is 10.7. The van der Waals surface area contributed by atoms with E-state index in [0.717, 1.165) is 18.7 Å². The molecule has 2 nitrogen and oxygen atoms in total. The van der Waals surface area contributed by atoms with Crippen molar-refractivity contribution in [2.24, 2.45) is 0 Å². The molecule has 0 N–H and O–H groups in total. The Morgan fingerprint density at radius 1 is 1.24 bits per heavy atom. The van der Waals surface area contributed by atoms with Crippen molar-refractivity contribution in [3.63, 3.8) is 0 Å². The van der Waals surface area contributed by atoms with Crippen LogP contribution in [0.3, 0.4) is 0 Å². The summed E-state index contributed by atoms with van der Waals surface area (Å²) in [6, 6.07) is 6.66. The molecule has 1 heterocycles. The molecule has 90 valence electrons. The summed E-state index contributed by atoms with van der Waals surface area (Å²) in [5, 5.41) is 0. The molecule has 1 aromatic carbocycles. The lowest BCUT2D eigenvalue weighted by Gasteiger charge is -1.97. The van der Waals surface area contributed by atoms with Crippen molar-refractivity contribution in [3.05, 3.63) is 54.4 Å². The van der Waals surface area contributed by atoms with Crippen molar-refractivity contribution in [1.29, 1.82) is 0 Å². The average molecular weight is 233 g/mol. The Labute approximate surface area is 101 Å². The Kier molecular flexibility index (Phi) is 3.91. The molecule has 0 radical (unpaired) electrons. The van der Waals surface area contributed by atoms with E-state index in [0.29, 0.717) is 0 Å².